The van der Waals surface area contributed by atoms with Gasteiger partial charge in [0.15, 0.2) is 0 Å². The molecule has 2 heteroatoms. The van der Waals surface area contributed by atoms with Gasteiger partial charge in [-0.3, -0.25) is 0 Å². The van der Waals surface area contributed by atoms with Crippen molar-refractivity contribution in [3.05, 3.63) is 33.8 Å². The van der Waals surface area contributed by atoms with Crippen LogP contribution in [0.1, 0.15) is 69.0 Å². The SMILES string of the molecule is CCCNC(CC1CCCCC1)c1ccc(C)c(Br)c1. The minimum absolute atomic E-state index is 0.523. The van der Waals surface area contributed by atoms with E-state index in [0.29, 0.717) is 6.04 Å². The van der Waals surface area contributed by atoms with Gasteiger partial charge in [0.2, 0.25) is 0 Å². The zero-order valence-corrected chi connectivity index (χ0v) is 14.5. The van der Waals surface area contributed by atoms with E-state index in [-0.39, 0.29) is 0 Å². The van der Waals surface area contributed by atoms with E-state index >= 15 is 0 Å². The van der Waals surface area contributed by atoms with Gasteiger partial charge in [0.1, 0.15) is 0 Å². The number of halogens is 1. The molecule has 1 fully saturated rings. The molecule has 0 spiro atoms. The van der Waals surface area contributed by atoms with E-state index in [2.05, 4.69) is 53.3 Å². The number of benzene rings is 1. The van der Waals surface area contributed by atoms with Crippen molar-refractivity contribution < 1.29 is 0 Å². The summed E-state index contributed by atoms with van der Waals surface area (Å²) >= 11 is 3.68. The molecular weight excluding hydrogens is 310 g/mol. The summed E-state index contributed by atoms with van der Waals surface area (Å²) in [5.74, 6) is 0.915. The minimum Gasteiger partial charge on any atom is -0.310 e. The van der Waals surface area contributed by atoms with E-state index in [4.69, 9.17) is 0 Å². The van der Waals surface area contributed by atoms with Gasteiger partial charge in [-0.05, 0) is 49.4 Å². The number of nitrogens with one attached hydrogen (secondary N) is 1. The number of hydrogen-bond acceptors (Lipinski definition) is 1. The van der Waals surface area contributed by atoms with E-state index in [1.54, 1.807) is 0 Å². The topological polar surface area (TPSA) is 12.0 Å². The minimum atomic E-state index is 0.523. The first-order valence-electron chi connectivity index (χ1n) is 8.20. The Morgan fingerprint density at radius 3 is 2.65 bits per heavy atom. The molecule has 0 aliphatic heterocycles. The molecule has 0 aromatic heterocycles. The van der Waals surface area contributed by atoms with Crippen LogP contribution >= 0.6 is 15.9 Å². The van der Waals surface area contributed by atoms with Gasteiger partial charge < -0.3 is 5.32 Å². The largest absolute Gasteiger partial charge is 0.310 e. The molecule has 1 nitrogen and oxygen atoms in total. The Morgan fingerprint density at radius 1 is 1.25 bits per heavy atom. The van der Waals surface area contributed by atoms with Crippen LogP contribution in [-0.4, -0.2) is 6.54 Å². The van der Waals surface area contributed by atoms with E-state index in [1.165, 1.54) is 60.5 Å². The molecule has 2 rings (SSSR count). The molecule has 0 saturated heterocycles. The van der Waals surface area contributed by atoms with Gasteiger partial charge in [-0.25, -0.2) is 0 Å². The molecule has 20 heavy (non-hydrogen) atoms. The van der Waals surface area contributed by atoms with Gasteiger partial charge >= 0.3 is 0 Å². The number of rotatable bonds is 6. The molecule has 112 valence electrons. The fraction of sp³-hybridized carbons (Fsp3) is 0.667. The van der Waals surface area contributed by atoms with Crippen LogP contribution in [0.4, 0.5) is 0 Å². The fourth-order valence-electron chi connectivity index (χ4n) is 3.24. The summed E-state index contributed by atoms with van der Waals surface area (Å²) in [7, 11) is 0. The van der Waals surface area contributed by atoms with Gasteiger partial charge in [0.25, 0.3) is 0 Å². The summed E-state index contributed by atoms with van der Waals surface area (Å²) in [4.78, 5) is 0. The lowest BCUT2D eigenvalue weighted by Gasteiger charge is -2.28. The molecule has 0 amide bonds. The van der Waals surface area contributed by atoms with Crippen molar-refractivity contribution in [1.29, 1.82) is 0 Å². The van der Waals surface area contributed by atoms with Gasteiger partial charge in [0, 0.05) is 10.5 Å². The van der Waals surface area contributed by atoms with E-state index in [9.17, 15) is 0 Å². The second kappa shape index (κ2) is 8.19. The third kappa shape index (κ3) is 4.60. The predicted octanol–water partition coefficient (Wildman–Crippen LogP) is 5.77. The first kappa shape index (κ1) is 16.0. The average molecular weight is 338 g/mol. The second-order valence-electron chi connectivity index (χ2n) is 6.26. The van der Waals surface area contributed by atoms with Crippen molar-refractivity contribution >= 4 is 15.9 Å². The molecule has 1 aliphatic carbocycles. The Bertz CT molecular complexity index is 410. The highest BCUT2D eigenvalue weighted by Crippen LogP contribution is 2.33. The molecule has 0 bridgehead atoms. The standard InChI is InChI=1S/C18H28BrN/c1-3-11-20-18(12-15-7-5-4-6-8-15)16-10-9-14(2)17(19)13-16/h9-10,13,15,18,20H,3-8,11-12H2,1-2H3. The van der Waals surface area contributed by atoms with Crippen LogP contribution in [0.25, 0.3) is 0 Å². The van der Waals surface area contributed by atoms with Gasteiger partial charge in [-0.2, -0.15) is 0 Å². The van der Waals surface area contributed by atoms with Crippen molar-refractivity contribution in [3.63, 3.8) is 0 Å². The Balaban J connectivity index is 2.06. The van der Waals surface area contributed by atoms with Crippen LogP contribution in [0.2, 0.25) is 0 Å². The van der Waals surface area contributed by atoms with Crippen molar-refractivity contribution in [3.8, 4) is 0 Å². The molecule has 0 heterocycles. The van der Waals surface area contributed by atoms with Gasteiger partial charge in [0.05, 0.1) is 0 Å². The zero-order valence-electron chi connectivity index (χ0n) is 12.9. The van der Waals surface area contributed by atoms with Crippen LogP contribution < -0.4 is 5.32 Å². The molecular formula is C18H28BrN. The van der Waals surface area contributed by atoms with Crippen LogP contribution in [0, 0.1) is 12.8 Å². The maximum absolute atomic E-state index is 3.76. The first-order valence-corrected chi connectivity index (χ1v) is 8.99. The Hall–Kier alpha value is -0.340. The molecule has 0 radical (unpaired) electrons. The van der Waals surface area contributed by atoms with Crippen molar-refractivity contribution in [2.75, 3.05) is 6.54 Å². The Labute approximate surface area is 132 Å². The van der Waals surface area contributed by atoms with Crippen LogP contribution in [0.5, 0.6) is 0 Å². The molecule has 1 aliphatic rings. The molecule has 1 unspecified atom stereocenters. The average Bonchev–Trinajstić information content (AvgIpc) is 2.47. The lowest BCUT2D eigenvalue weighted by atomic mass is 9.83. The quantitative estimate of drug-likeness (QED) is 0.694. The summed E-state index contributed by atoms with van der Waals surface area (Å²) in [6.45, 7) is 5.52. The van der Waals surface area contributed by atoms with Crippen molar-refractivity contribution in [1.82, 2.24) is 5.32 Å². The summed E-state index contributed by atoms with van der Waals surface area (Å²) in [6, 6.07) is 7.37. The summed E-state index contributed by atoms with van der Waals surface area (Å²) in [5.41, 5.74) is 2.77. The van der Waals surface area contributed by atoms with E-state index in [1.807, 2.05) is 0 Å². The van der Waals surface area contributed by atoms with E-state index < -0.39 is 0 Å². The van der Waals surface area contributed by atoms with Crippen LogP contribution in [0.15, 0.2) is 22.7 Å². The summed E-state index contributed by atoms with van der Waals surface area (Å²) in [6.07, 6.45) is 9.67. The maximum atomic E-state index is 3.76. The third-order valence-electron chi connectivity index (χ3n) is 4.53. The van der Waals surface area contributed by atoms with Crippen molar-refractivity contribution in [2.45, 2.75) is 64.8 Å². The molecule has 1 N–H and O–H groups in total. The molecule has 1 aromatic carbocycles. The van der Waals surface area contributed by atoms with E-state index in [0.717, 1.165) is 12.5 Å². The normalized spacial score (nSPS) is 18.1. The van der Waals surface area contributed by atoms with Crippen molar-refractivity contribution in [2.24, 2.45) is 5.92 Å². The highest BCUT2D eigenvalue weighted by Gasteiger charge is 2.20. The molecule has 1 saturated carbocycles. The highest BCUT2D eigenvalue weighted by molar-refractivity contribution is 9.10. The number of aryl methyl sites for hydroxylation is 1. The summed E-state index contributed by atoms with van der Waals surface area (Å²) < 4.78 is 1.24. The van der Waals surface area contributed by atoms with Gasteiger partial charge in [-0.1, -0.05) is 67.1 Å². The monoisotopic (exact) mass is 337 g/mol. The lowest BCUT2D eigenvalue weighted by Crippen LogP contribution is -2.25. The Morgan fingerprint density at radius 2 is 2.00 bits per heavy atom. The smallest absolute Gasteiger partial charge is 0.0323 e. The highest BCUT2D eigenvalue weighted by atomic mass is 79.9. The molecule has 1 atom stereocenters. The van der Waals surface area contributed by atoms with Crippen LogP contribution in [-0.2, 0) is 0 Å². The molecule has 1 aromatic rings. The summed E-state index contributed by atoms with van der Waals surface area (Å²) in [5, 5.41) is 3.76. The lowest BCUT2D eigenvalue weighted by molar-refractivity contribution is 0.300. The Kier molecular flexibility index (Phi) is 6.57. The predicted molar refractivity (Wildman–Crippen MR) is 91.1 cm³/mol. The second-order valence-corrected chi connectivity index (χ2v) is 7.11. The number of hydrogen-bond donors (Lipinski definition) is 1. The zero-order chi connectivity index (χ0) is 14.4. The first-order chi connectivity index (χ1) is 9.70. The van der Waals surface area contributed by atoms with Crippen LogP contribution in [0.3, 0.4) is 0 Å². The maximum Gasteiger partial charge on any atom is 0.0323 e. The fourth-order valence-corrected chi connectivity index (χ4v) is 3.63. The van der Waals surface area contributed by atoms with Gasteiger partial charge in [-0.15, -0.1) is 0 Å². The third-order valence-corrected chi connectivity index (χ3v) is 5.39.